The van der Waals surface area contributed by atoms with Crippen molar-refractivity contribution in [2.75, 3.05) is 5.73 Å². The zero-order chi connectivity index (χ0) is 11.5. The molecule has 0 bridgehead atoms. The van der Waals surface area contributed by atoms with E-state index >= 15 is 0 Å². The van der Waals surface area contributed by atoms with Crippen molar-refractivity contribution in [1.82, 2.24) is 15.1 Å². The molecule has 1 aliphatic carbocycles. The van der Waals surface area contributed by atoms with E-state index in [0.717, 1.165) is 0 Å². The first kappa shape index (κ1) is 11.0. The van der Waals surface area contributed by atoms with Gasteiger partial charge in [-0.1, -0.05) is 6.42 Å². The molecule has 88 valence electrons. The Morgan fingerprint density at radius 1 is 1.75 bits per heavy atom. The molecule has 0 spiro atoms. The normalized spacial score (nSPS) is 17.8. The lowest BCUT2D eigenvalue weighted by Gasteiger charge is -2.31. The van der Waals surface area contributed by atoms with Gasteiger partial charge in [-0.15, -0.1) is 0 Å². The van der Waals surface area contributed by atoms with E-state index in [1.165, 1.54) is 19.3 Å². The van der Waals surface area contributed by atoms with Crippen LogP contribution in [0.15, 0.2) is 12.3 Å². The van der Waals surface area contributed by atoms with Gasteiger partial charge in [-0.05, 0) is 31.7 Å². The Kier molecular flexibility index (Phi) is 3.12. The largest absolute Gasteiger partial charge is 0.382 e. The highest BCUT2D eigenvalue weighted by molar-refractivity contribution is 5.76. The highest BCUT2D eigenvalue weighted by Gasteiger charge is 2.24. The fourth-order valence-corrected chi connectivity index (χ4v) is 1.97. The SMILES string of the molecule is CC(NC(=O)Cn1ccc(N)n1)C1CCC1. The molecule has 0 aromatic carbocycles. The maximum absolute atomic E-state index is 11.7. The van der Waals surface area contributed by atoms with Crippen molar-refractivity contribution in [3.63, 3.8) is 0 Å². The topological polar surface area (TPSA) is 72.9 Å². The summed E-state index contributed by atoms with van der Waals surface area (Å²) in [6, 6.07) is 1.96. The van der Waals surface area contributed by atoms with Gasteiger partial charge in [-0.2, -0.15) is 5.10 Å². The summed E-state index contributed by atoms with van der Waals surface area (Å²) in [5.74, 6) is 1.11. The second-order valence-electron chi connectivity index (χ2n) is 4.49. The number of aromatic nitrogens is 2. The molecule has 1 heterocycles. The van der Waals surface area contributed by atoms with Crippen molar-refractivity contribution in [2.24, 2.45) is 5.92 Å². The van der Waals surface area contributed by atoms with E-state index < -0.39 is 0 Å². The van der Waals surface area contributed by atoms with Gasteiger partial charge in [0, 0.05) is 12.2 Å². The van der Waals surface area contributed by atoms with E-state index in [0.29, 0.717) is 11.7 Å². The lowest BCUT2D eigenvalue weighted by Crippen LogP contribution is -2.42. The number of hydrogen-bond donors (Lipinski definition) is 2. The highest BCUT2D eigenvalue weighted by atomic mass is 16.2. The summed E-state index contributed by atoms with van der Waals surface area (Å²) in [4.78, 5) is 11.7. The van der Waals surface area contributed by atoms with Crippen LogP contribution in [0.1, 0.15) is 26.2 Å². The monoisotopic (exact) mass is 222 g/mol. The molecule has 1 atom stereocenters. The van der Waals surface area contributed by atoms with Gasteiger partial charge in [0.15, 0.2) is 0 Å². The van der Waals surface area contributed by atoms with Gasteiger partial charge in [0.05, 0.1) is 0 Å². The smallest absolute Gasteiger partial charge is 0.241 e. The minimum atomic E-state index is 0.00231. The van der Waals surface area contributed by atoms with E-state index in [1.54, 1.807) is 16.9 Å². The average Bonchev–Trinajstić information content (AvgIpc) is 2.47. The van der Waals surface area contributed by atoms with E-state index in [9.17, 15) is 4.79 Å². The van der Waals surface area contributed by atoms with Crippen LogP contribution in [0.2, 0.25) is 0 Å². The van der Waals surface area contributed by atoms with E-state index in [2.05, 4.69) is 17.3 Å². The van der Waals surface area contributed by atoms with Gasteiger partial charge in [0.25, 0.3) is 0 Å². The van der Waals surface area contributed by atoms with Crippen molar-refractivity contribution in [3.05, 3.63) is 12.3 Å². The summed E-state index contributed by atoms with van der Waals surface area (Å²) < 4.78 is 1.55. The van der Waals surface area contributed by atoms with Gasteiger partial charge in [0.2, 0.25) is 5.91 Å². The fraction of sp³-hybridized carbons (Fsp3) is 0.636. The third-order valence-electron chi connectivity index (χ3n) is 3.21. The number of rotatable bonds is 4. The number of nitrogens with two attached hydrogens (primary N) is 1. The molecule has 0 aliphatic heterocycles. The molecule has 1 aromatic heterocycles. The Balaban J connectivity index is 1.79. The molecule has 1 unspecified atom stereocenters. The van der Waals surface area contributed by atoms with Crippen molar-refractivity contribution >= 4 is 11.7 Å². The van der Waals surface area contributed by atoms with Gasteiger partial charge in [-0.3, -0.25) is 9.48 Å². The molecule has 1 aliphatic rings. The molecule has 5 nitrogen and oxygen atoms in total. The molecule has 0 saturated heterocycles. The summed E-state index contributed by atoms with van der Waals surface area (Å²) in [7, 11) is 0. The fourth-order valence-electron chi connectivity index (χ4n) is 1.97. The quantitative estimate of drug-likeness (QED) is 0.790. The van der Waals surface area contributed by atoms with Gasteiger partial charge >= 0.3 is 0 Å². The summed E-state index contributed by atoms with van der Waals surface area (Å²) in [6.07, 6.45) is 5.47. The first-order valence-corrected chi connectivity index (χ1v) is 5.73. The molecular formula is C11H18N4O. The first-order valence-electron chi connectivity index (χ1n) is 5.73. The van der Waals surface area contributed by atoms with Gasteiger partial charge < -0.3 is 11.1 Å². The summed E-state index contributed by atoms with van der Waals surface area (Å²) >= 11 is 0. The predicted octanol–water partition coefficient (Wildman–Crippen LogP) is 0.770. The van der Waals surface area contributed by atoms with Crippen molar-refractivity contribution in [3.8, 4) is 0 Å². The van der Waals surface area contributed by atoms with E-state index in [1.807, 2.05) is 0 Å². The predicted molar refractivity (Wildman–Crippen MR) is 61.6 cm³/mol. The third kappa shape index (κ3) is 2.53. The molecule has 16 heavy (non-hydrogen) atoms. The van der Waals surface area contributed by atoms with Crippen molar-refractivity contribution < 1.29 is 4.79 Å². The Morgan fingerprint density at radius 3 is 3.00 bits per heavy atom. The zero-order valence-electron chi connectivity index (χ0n) is 9.52. The molecule has 1 fully saturated rings. The number of carbonyl (C=O) groups excluding carboxylic acids is 1. The number of anilines is 1. The van der Waals surface area contributed by atoms with Crippen LogP contribution < -0.4 is 11.1 Å². The van der Waals surface area contributed by atoms with Crippen LogP contribution >= 0.6 is 0 Å². The van der Waals surface area contributed by atoms with Gasteiger partial charge in [0.1, 0.15) is 12.4 Å². The third-order valence-corrected chi connectivity index (χ3v) is 3.21. The van der Waals surface area contributed by atoms with Crippen LogP contribution in [-0.4, -0.2) is 21.7 Å². The molecule has 0 radical (unpaired) electrons. The lowest BCUT2D eigenvalue weighted by molar-refractivity contribution is -0.123. The molecule has 5 heteroatoms. The van der Waals surface area contributed by atoms with Crippen molar-refractivity contribution in [1.29, 1.82) is 0 Å². The number of nitrogens with one attached hydrogen (secondary N) is 1. The second-order valence-corrected chi connectivity index (χ2v) is 4.49. The van der Waals surface area contributed by atoms with Crippen LogP contribution in [0.25, 0.3) is 0 Å². The summed E-state index contributed by atoms with van der Waals surface area (Å²) in [5, 5.41) is 6.97. The Bertz CT molecular complexity index is 370. The summed E-state index contributed by atoms with van der Waals surface area (Å²) in [6.45, 7) is 2.31. The highest BCUT2D eigenvalue weighted by Crippen LogP contribution is 2.29. The molecule has 3 N–H and O–H groups in total. The standard InChI is InChI=1S/C11H18N4O/c1-8(9-3-2-4-9)13-11(16)7-15-6-5-10(12)14-15/h5-6,8-9H,2-4,7H2,1H3,(H2,12,14)(H,13,16). The zero-order valence-corrected chi connectivity index (χ0v) is 9.52. The minimum absolute atomic E-state index is 0.00231. The van der Waals surface area contributed by atoms with Crippen LogP contribution in [0.3, 0.4) is 0 Å². The average molecular weight is 222 g/mol. The number of amides is 1. The number of nitrogens with zero attached hydrogens (tertiary/aromatic N) is 2. The van der Waals surface area contributed by atoms with Crippen molar-refractivity contribution in [2.45, 2.75) is 38.8 Å². The molecular weight excluding hydrogens is 204 g/mol. The number of carbonyl (C=O) groups is 1. The minimum Gasteiger partial charge on any atom is -0.382 e. The Hall–Kier alpha value is -1.52. The lowest BCUT2D eigenvalue weighted by atomic mass is 9.80. The number of hydrogen-bond acceptors (Lipinski definition) is 3. The van der Waals surface area contributed by atoms with E-state index in [-0.39, 0.29) is 18.5 Å². The van der Waals surface area contributed by atoms with Crippen LogP contribution in [0, 0.1) is 5.92 Å². The van der Waals surface area contributed by atoms with Crippen LogP contribution in [0.5, 0.6) is 0 Å². The molecule has 1 aromatic rings. The van der Waals surface area contributed by atoms with Crippen LogP contribution in [-0.2, 0) is 11.3 Å². The number of nitrogen functional groups attached to an aromatic ring is 1. The molecule has 1 amide bonds. The maximum atomic E-state index is 11.7. The second kappa shape index (κ2) is 4.55. The maximum Gasteiger partial charge on any atom is 0.241 e. The first-order chi connectivity index (χ1) is 7.65. The Labute approximate surface area is 95.0 Å². The van der Waals surface area contributed by atoms with E-state index in [4.69, 9.17) is 5.73 Å². The Morgan fingerprint density at radius 2 is 2.50 bits per heavy atom. The van der Waals surface area contributed by atoms with Crippen LogP contribution in [0.4, 0.5) is 5.82 Å². The van der Waals surface area contributed by atoms with Gasteiger partial charge in [-0.25, -0.2) is 0 Å². The molecule has 1 saturated carbocycles. The molecule has 2 rings (SSSR count). The summed E-state index contributed by atoms with van der Waals surface area (Å²) in [5.41, 5.74) is 5.47.